The van der Waals surface area contributed by atoms with Gasteiger partial charge in [-0.3, -0.25) is 4.79 Å². The van der Waals surface area contributed by atoms with Gasteiger partial charge in [0.2, 0.25) is 0 Å². The van der Waals surface area contributed by atoms with Gasteiger partial charge in [-0.15, -0.1) is 0 Å². The molecule has 0 amide bonds. The number of carbonyl (C=O) groups is 1. The highest BCUT2D eigenvalue weighted by Crippen LogP contribution is 2.19. The lowest BCUT2D eigenvalue weighted by molar-refractivity contribution is 0.101. The summed E-state index contributed by atoms with van der Waals surface area (Å²) in [5.74, 6) is 0.136. The average Bonchev–Trinajstić information content (AvgIpc) is 2.67. The van der Waals surface area contributed by atoms with Gasteiger partial charge >= 0.3 is 0 Å². The molecule has 0 aliphatic heterocycles. The molecule has 0 bridgehead atoms. The number of rotatable bonds is 3. The minimum atomic E-state index is 0.136. The van der Waals surface area contributed by atoms with Gasteiger partial charge in [-0.1, -0.05) is 63.5 Å². The van der Waals surface area contributed by atoms with E-state index in [2.05, 4.69) is 29.6 Å². The van der Waals surface area contributed by atoms with Crippen LogP contribution in [0.4, 0.5) is 5.69 Å². The first-order chi connectivity index (χ1) is 13.3. The minimum Gasteiger partial charge on any atom is -0.382 e. The summed E-state index contributed by atoms with van der Waals surface area (Å²) < 4.78 is 0. The van der Waals surface area contributed by atoms with Crippen LogP contribution in [0.2, 0.25) is 0 Å². The van der Waals surface area contributed by atoms with E-state index < -0.39 is 0 Å². The van der Waals surface area contributed by atoms with Gasteiger partial charge in [-0.05, 0) is 69.7 Å². The molecule has 1 atom stereocenters. The minimum absolute atomic E-state index is 0.136. The SMILES string of the molecule is CC(=O)c1ccc(NC2CCCCCCC=CCCCCCCCC2)cc1. The van der Waals surface area contributed by atoms with Crippen molar-refractivity contribution in [3.63, 3.8) is 0 Å². The quantitative estimate of drug-likeness (QED) is 0.437. The Labute approximate surface area is 166 Å². The number of hydrogen-bond acceptors (Lipinski definition) is 2. The van der Waals surface area contributed by atoms with Gasteiger partial charge in [-0.2, -0.15) is 0 Å². The zero-order chi connectivity index (χ0) is 19.2. The summed E-state index contributed by atoms with van der Waals surface area (Å²) in [5, 5.41) is 3.74. The number of anilines is 1. The molecular weight excluding hydrogens is 330 g/mol. The van der Waals surface area contributed by atoms with Gasteiger partial charge in [-0.25, -0.2) is 0 Å². The summed E-state index contributed by atoms with van der Waals surface area (Å²) >= 11 is 0. The van der Waals surface area contributed by atoms with Crippen LogP contribution in [0.1, 0.15) is 107 Å². The first-order valence-electron chi connectivity index (χ1n) is 11.3. The summed E-state index contributed by atoms with van der Waals surface area (Å²) in [6.07, 6.45) is 23.4. The van der Waals surface area contributed by atoms with Gasteiger partial charge in [0.25, 0.3) is 0 Å². The Morgan fingerprint density at radius 2 is 1.22 bits per heavy atom. The Bertz CT molecular complexity index is 546. The highest BCUT2D eigenvalue weighted by atomic mass is 16.1. The van der Waals surface area contributed by atoms with Crippen LogP contribution in [-0.4, -0.2) is 11.8 Å². The van der Waals surface area contributed by atoms with Crippen molar-refractivity contribution in [3.8, 4) is 0 Å². The fourth-order valence-corrected chi connectivity index (χ4v) is 3.93. The lowest BCUT2D eigenvalue weighted by atomic mass is 9.99. The second-order valence-corrected chi connectivity index (χ2v) is 8.14. The lowest BCUT2D eigenvalue weighted by Crippen LogP contribution is -2.19. The third-order valence-electron chi connectivity index (χ3n) is 5.68. The molecule has 1 aliphatic rings. The molecule has 2 nitrogen and oxygen atoms in total. The molecular formula is C25H39NO. The zero-order valence-corrected chi connectivity index (χ0v) is 17.3. The number of carbonyl (C=O) groups excluding carboxylic acids is 1. The number of allylic oxidation sites excluding steroid dienone is 2. The number of benzene rings is 1. The standard InChI is InChI=1S/C25H39NO/c1-22(27)23-18-20-25(21-19-23)26-24-16-14-12-10-8-6-4-2-3-5-7-9-11-13-15-17-24/h2,4,18-21,24,26H,3,5-17H2,1H3. The second-order valence-electron chi connectivity index (χ2n) is 8.14. The molecule has 0 fully saturated rings. The van der Waals surface area contributed by atoms with Crippen LogP contribution in [0.5, 0.6) is 0 Å². The Kier molecular flexibility index (Phi) is 10.9. The van der Waals surface area contributed by atoms with E-state index in [0.29, 0.717) is 6.04 Å². The molecule has 1 aromatic carbocycles. The number of nitrogens with one attached hydrogen (secondary N) is 1. The number of ketones is 1. The summed E-state index contributed by atoms with van der Waals surface area (Å²) in [4.78, 5) is 11.5. The summed E-state index contributed by atoms with van der Waals surface area (Å²) in [7, 11) is 0. The van der Waals surface area contributed by atoms with Crippen molar-refractivity contribution in [2.24, 2.45) is 0 Å². The normalized spacial score (nSPS) is 21.3. The smallest absolute Gasteiger partial charge is 0.159 e. The van der Waals surface area contributed by atoms with Crippen molar-refractivity contribution < 1.29 is 4.79 Å². The highest BCUT2D eigenvalue weighted by molar-refractivity contribution is 5.94. The topological polar surface area (TPSA) is 29.1 Å². The van der Waals surface area contributed by atoms with E-state index in [9.17, 15) is 4.79 Å². The molecule has 150 valence electrons. The Hall–Kier alpha value is -1.57. The molecule has 0 aromatic heterocycles. The maximum absolute atomic E-state index is 11.5. The maximum atomic E-state index is 11.5. The molecule has 27 heavy (non-hydrogen) atoms. The van der Waals surface area contributed by atoms with Gasteiger partial charge in [0.1, 0.15) is 0 Å². The molecule has 2 rings (SSSR count). The van der Waals surface area contributed by atoms with Crippen LogP contribution in [0.25, 0.3) is 0 Å². The third-order valence-corrected chi connectivity index (χ3v) is 5.68. The number of Topliss-reactive ketones (excluding diaryl/α,β-unsaturated/α-hetero) is 1. The van der Waals surface area contributed by atoms with Gasteiger partial charge in [0, 0.05) is 17.3 Å². The van der Waals surface area contributed by atoms with Crippen LogP contribution in [0, 0.1) is 0 Å². The molecule has 0 spiro atoms. The van der Waals surface area contributed by atoms with Crippen LogP contribution in [0.3, 0.4) is 0 Å². The van der Waals surface area contributed by atoms with E-state index in [4.69, 9.17) is 0 Å². The Balaban J connectivity index is 1.83. The molecule has 0 saturated carbocycles. The molecule has 1 unspecified atom stereocenters. The first-order valence-corrected chi connectivity index (χ1v) is 11.3. The molecule has 1 aliphatic carbocycles. The third kappa shape index (κ3) is 9.79. The zero-order valence-electron chi connectivity index (χ0n) is 17.3. The Morgan fingerprint density at radius 1 is 0.741 bits per heavy atom. The van der Waals surface area contributed by atoms with Crippen molar-refractivity contribution in [3.05, 3.63) is 42.0 Å². The van der Waals surface area contributed by atoms with E-state index in [-0.39, 0.29) is 5.78 Å². The summed E-state index contributed by atoms with van der Waals surface area (Å²) in [6, 6.07) is 8.56. The van der Waals surface area contributed by atoms with E-state index in [0.717, 1.165) is 11.3 Å². The highest BCUT2D eigenvalue weighted by Gasteiger charge is 2.09. The van der Waals surface area contributed by atoms with Gasteiger partial charge in [0.15, 0.2) is 5.78 Å². The molecule has 0 saturated heterocycles. The van der Waals surface area contributed by atoms with E-state index in [1.165, 1.54) is 89.9 Å². The van der Waals surface area contributed by atoms with E-state index in [1.54, 1.807) is 6.92 Å². The van der Waals surface area contributed by atoms with Gasteiger partial charge < -0.3 is 5.32 Å². The maximum Gasteiger partial charge on any atom is 0.159 e. The molecule has 1 aromatic rings. The fraction of sp³-hybridized carbons (Fsp3) is 0.640. The monoisotopic (exact) mass is 369 g/mol. The van der Waals surface area contributed by atoms with Crippen molar-refractivity contribution in [1.29, 1.82) is 0 Å². The largest absolute Gasteiger partial charge is 0.382 e. The molecule has 2 heteroatoms. The summed E-state index contributed by atoms with van der Waals surface area (Å²) in [5.41, 5.74) is 1.95. The van der Waals surface area contributed by atoms with Crippen LogP contribution in [0.15, 0.2) is 36.4 Å². The molecule has 1 N–H and O–H groups in total. The number of hydrogen-bond donors (Lipinski definition) is 1. The van der Waals surface area contributed by atoms with Crippen molar-refractivity contribution in [2.45, 2.75) is 103 Å². The van der Waals surface area contributed by atoms with Gasteiger partial charge in [0.05, 0.1) is 0 Å². The van der Waals surface area contributed by atoms with Crippen molar-refractivity contribution >= 4 is 11.5 Å². The van der Waals surface area contributed by atoms with Crippen molar-refractivity contribution in [2.75, 3.05) is 5.32 Å². The van der Waals surface area contributed by atoms with Crippen LogP contribution < -0.4 is 5.32 Å². The second kappa shape index (κ2) is 13.6. The molecule has 0 radical (unpaired) electrons. The average molecular weight is 370 g/mol. The predicted octanol–water partition coefficient (Wildman–Crippen LogP) is 7.70. The molecule has 0 heterocycles. The summed E-state index contributed by atoms with van der Waals surface area (Å²) in [6.45, 7) is 1.63. The van der Waals surface area contributed by atoms with Crippen LogP contribution >= 0.6 is 0 Å². The lowest BCUT2D eigenvalue weighted by Gasteiger charge is -2.20. The Morgan fingerprint density at radius 3 is 1.74 bits per heavy atom. The van der Waals surface area contributed by atoms with Crippen LogP contribution in [-0.2, 0) is 0 Å². The van der Waals surface area contributed by atoms with E-state index >= 15 is 0 Å². The first kappa shape index (κ1) is 21.7. The fourth-order valence-electron chi connectivity index (χ4n) is 3.93. The predicted molar refractivity (Wildman–Crippen MR) is 118 cm³/mol. The van der Waals surface area contributed by atoms with E-state index in [1.807, 2.05) is 12.1 Å². The van der Waals surface area contributed by atoms with Crippen molar-refractivity contribution in [1.82, 2.24) is 0 Å².